The lowest BCUT2D eigenvalue weighted by molar-refractivity contribution is -0.117. The fourth-order valence-electron chi connectivity index (χ4n) is 2.77. The Bertz CT molecular complexity index is 1130. The molecule has 3 N–H and O–H groups in total. The molecule has 25 heavy (non-hydrogen) atoms. The van der Waals surface area contributed by atoms with E-state index in [4.69, 9.17) is 0 Å². The van der Waals surface area contributed by atoms with Gasteiger partial charge in [-0.15, -0.1) is 0 Å². The van der Waals surface area contributed by atoms with Crippen LogP contribution in [0.1, 0.15) is 0 Å². The minimum absolute atomic E-state index is 0.0884. The maximum Gasteiger partial charge on any atom is 0.326 e. The van der Waals surface area contributed by atoms with E-state index >= 15 is 4.39 Å². The molecule has 0 aliphatic carbocycles. The van der Waals surface area contributed by atoms with Gasteiger partial charge in [-0.2, -0.15) is 13.5 Å². The number of hydrogen-bond donors (Lipinski definition) is 3. The number of amides is 1. The second-order valence-corrected chi connectivity index (χ2v) is 7.10. The van der Waals surface area contributed by atoms with E-state index in [0.29, 0.717) is 9.87 Å². The predicted molar refractivity (Wildman–Crippen MR) is 87.6 cm³/mol. The van der Waals surface area contributed by atoms with Gasteiger partial charge in [-0.1, -0.05) is 6.07 Å². The Kier molecular flexibility index (Phi) is 3.19. The van der Waals surface area contributed by atoms with Crippen LogP contribution in [-0.4, -0.2) is 36.2 Å². The number of carbonyl (C=O) groups is 1. The number of H-pyrrole nitrogens is 1. The fraction of sp³-hybridized carbons (Fsp3) is 0.0667. The molecule has 0 saturated carbocycles. The second kappa shape index (κ2) is 5.18. The number of aromatic nitrogens is 2. The molecule has 10 heteroatoms. The minimum Gasteiger partial charge on any atom is -0.506 e. The van der Waals surface area contributed by atoms with E-state index in [1.165, 1.54) is 12.1 Å². The van der Waals surface area contributed by atoms with E-state index < -0.39 is 39.9 Å². The first-order valence-electron chi connectivity index (χ1n) is 7.15. The van der Waals surface area contributed by atoms with Crippen LogP contribution in [0.4, 0.5) is 10.1 Å². The van der Waals surface area contributed by atoms with Gasteiger partial charge in [-0.05, 0) is 29.8 Å². The van der Waals surface area contributed by atoms with Crippen molar-refractivity contribution in [1.29, 1.82) is 0 Å². The lowest BCUT2D eigenvalue weighted by atomic mass is 10.0. The molecular weight excluding hydrogens is 351 g/mol. The molecule has 1 aromatic heterocycles. The number of phenols is 1. The highest BCUT2D eigenvalue weighted by molar-refractivity contribution is 7.92. The van der Waals surface area contributed by atoms with Gasteiger partial charge < -0.3 is 5.11 Å². The average molecular weight is 362 g/mol. The van der Waals surface area contributed by atoms with Gasteiger partial charge in [0, 0.05) is 10.9 Å². The molecule has 3 aromatic rings. The summed E-state index contributed by atoms with van der Waals surface area (Å²) in [7, 11) is -4.24. The SMILES string of the molecule is O=C1CN(c2c(O)ccc(-c3ccc4[nH]ncc4c3)c2F)S(=O)(=O)N1. The van der Waals surface area contributed by atoms with Gasteiger partial charge in [0.1, 0.15) is 18.0 Å². The Morgan fingerprint density at radius 3 is 2.76 bits per heavy atom. The van der Waals surface area contributed by atoms with Crippen molar-refractivity contribution in [2.24, 2.45) is 0 Å². The van der Waals surface area contributed by atoms with Crippen LogP contribution in [-0.2, 0) is 15.0 Å². The zero-order chi connectivity index (χ0) is 17.8. The number of benzene rings is 2. The Hall–Kier alpha value is -3.14. The molecule has 4 rings (SSSR count). The normalized spacial score (nSPS) is 16.4. The number of rotatable bonds is 2. The summed E-state index contributed by atoms with van der Waals surface area (Å²) < 4.78 is 41.2. The molecular formula is C15H11FN4O4S. The molecule has 1 aliphatic heterocycles. The first-order chi connectivity index (χ1) is 11.9. The first kappa shape index (κ1) is 15.4. The first-order valence-corrected chi connectivity index (χ1v) is 8.59. The summed E-state index contributed by atoms with van der Waals surface area (Å²) in [4.78, 5) is 11.4. The highest BCUT2D eigenvalue weighted by atomic mass is 32.2. The lowest BCUT2D eigenvalue weighted by Crippen LogP contribution is -2.30. The summed E-state index contributed by atoms with van der Waals surface area (Å²) in [5.41, 5.74) is 0.761. The number of anilines is 1. The van der Waals surface area contributed by atoms with Gasteiger partial charge in [-0.25, -0.2) is 13.4 Å². The minimum atomic E-state index is -4.24. The standard InChI is InChI=1S/C15H11FN4O4S/c16-14-10(8-1-3-11-9(5-8)6-17-18-11)2-4-12(21)15(14)20-7-13(22)19-25(20,23)24/h1-6,21H,7H2,(H,17,18)(H,19,22). The molecule has 1 saturated heterocycles. The summed E-state index contributed by atoms with van der Waals surface area (Å²) in [5.74, 6) is -2.32. The van der Waals surface area contributed by atoms with Crippen LogP contribution in [0.25, 0.3) is 22.0 Å². The van der Waals surface area contributed by atoms with Crippen molar-refractivity contribution in [3.63, 3.8) is 0 Å². The summed E-state index contributed by atoms with van der Waals surface area (Å²) in [6.45, 7) is -0.600. The maximum absolute atomic E-state index is 15.0. The molecule has 2 aromatic carbocycles. The van der Waals surface area contributed by atoms with Gasteiger partial charge in [0.15, 0.2) is 5.82 Å². The average Bonchev–Trinajstić information content (AvgIpc) is 3.10. The number of aromatic hydroxyl groups is 1. The monoisotopic (exact) mass is 362 g/mol. The number of fused-ring (bicyclic) bond motifs is 1. The lowest BCUT2D eigenvalue weighted by Gasteiger charge is -2.18. The van der Waals surface area contributed by atoms with Crippen LogP contribution < -0.4 is 9.03 Å². The molecule has 1 aliphatic rings. The largest absolute Gasteiger partial charge is 0.506 e. The second-order valence-electron chi connectivity index (χ2n) is 5.50. The third-order valence-electron chi connectivity index (χ3n) is 3.92. The molecule has 128 valence electrons. The van der Waals surface area contributed by atoms with Crippen LogP contribution in [0.2, 0.25) is 0 Å². The van der Waals surface area contributed by atoms with Crippen molar-refractivity contribution in [3.8, 4) is 16.9 Å². The summed E-state index contributed by atoms with van der Waals surface area (Å²) >= 11 is 0. The summed E-state index contributed by atoms with van der Waals surface area (Å²) in [6.07, 6.45) is 1.57. The van der Waals surface area contributed by atoms with E-state index in [1.807, 2.05) is 0 Å². The van der Waals surface area contributed by atoms with Crippen molar-refractivity contribution in [2.75, 3.05) is 10.8 Å². The van der Waals surface area contributed by atoms with Crippen molar-refractivity contribution >= 4 is 32.7 Å². The highest BCUT2D eigenvalue weighted by Crippen LogP contribution is 2.39. The number of phenolic OH excluding ortho intramolecular Hbond substituents is 1. The molecule has 1 fully saturated rings. The van der Waals surface area contributed by atoms with Crippen LogP contribution in [0.3, 0.4) is 0 Å². The quantitative estimate of drug-likeness (QED) is 0.635. The Morgan fingerprint density at radius 2 is 2.04 bits per heavy atom. The van der Waals surface area contributed by atoms with E-state index in [0.717, 1.165) is 10.9 Å². The van der Waals surface area contributed by atoms with Crippen LogP contribution >= 0.6 is 0 Å². The van der Waals surface area contributed by atoms with Crippen LogP contribution in [0.15, 0.2) is 36.5 Å². The van der Waals surface area contributed by atoms with Crippen LogP contribution in [0.5, 0.6) is 5.75 Å². The number of aromatic amines is 1. The zero-order valence-corrected chi connectivity index (χ0v) is 13.3. The number of nitrogens with one attached hydrogen (secondary N) is 2. The molecule has 2 heterocycles. The highest BCUT2D eigenvalue weighted by Gasteiger charge is 2.37. The van der Waals surface area contributed by atoms with Gasteiger partial charge in [0.25, 0.3) is 5.91 Å². The molecule has 0 radical (unpaired) electrons. The Balaban J connectivity index is 1.90. The molecule has 8 nitrogen and oxygen atoms in total. The summed E-state index contributed by atoms with van der Waals surface area (Å²) in [6, 6.07) is 7.56. The third-order valence-corrected chi connectivity index (χ3v) is 5.29. The smallest absolute Gasteiger partial charge is 0.326 e. The fourth-order valence-corrected chi connectivity index (χ4v) is 3.93. The van der Waals surface area contributed by atoms with E-state index in [2.05, 4.69) is 10.2 Å². The number of hydrogen-bond acceptors (Lipinski definition) is 5. The van der Waals surface area contributed by atoms with Gasteiger partial charge in [0.05, 0.1) is 11.7 Å². The molecule has 0 bridgehead atoms. The third kappa shape index (κ3) is 2.38. The molecule has 0 unspecified atom stereocenters. The number of halogens is 1. The number of carbonyl (C=O) groups excluding carboxylic acids is 1. The van der Waals surface area contributed by atoms with Crippen molar-refractivity contribution in [1.82, 2.24) is 14.9 Å². The van der Waals surface area contributed by atoms with Crippen molar-refractivity contribution in [2.45, 2.75) is 0 Å². The predicted octanol–water partition coefficient (Wildman–Crippen LogP) is 1.26. The van der Waals surface area contributed by atoms with Crippen LogP contribution in [0, 0.1) is 5.82 Å². The topological polar surface area (TPSA) is 115 Å². The zero-order valence-electron chi connectivity index (χ0n) is 12.5. The van der Waals surface area contributed by atoms with Crippen molar-refractivity contribution in [3.05, 3.63) is 42.3 Å². The van der Waals surface area contributed by atoms with Gasteiger partial charge >= 0.3 is 10.2 Å². The van der Waals surface area contributed by atoms with Gasteiger partial charge in [-0.3, -0.25) is 9.89 Å². The molecule has 1 amide bonds. The maximum atomic E-state index is 15.0. The Morgan fingerprint density at radius 1 is 1.24 bits per heavy atom. The van der Waals surface area contributed by atoms with Crippen molar-refractivity contribution < 1.29 is 22.7 Å². The van der Waals surface area contributed by atoms with E-state index in [-0.39, 0.29) is 5.56 Å². The van der Waals surface area contributed by atoms with E-state index in [9.17, 15) is 18.3 Å². The van der Waals surface area contributed by atoms with E-state index in [1.54, 1.807) is 29.1 Å². The Labute approximate surface area is 141 Å². The molecule has 0 spiro atoms. The van der Waals surface area contributed by atoms with Gasteiger partial charge in [0.2, 0.25) is 0 Å². The molecule has 0 atom stereocenters. The summed E-state index contributed by atoms with van der Waals surface area (Å²) in [5, 5.41) is 17.4. The number of nitrogens with zero attached hydrogens (tertiary/aromatic N) is 2.